The molecule has 0 aliphatic heterocycles. The fraction of sp³-hybridized carbons (Fsp3) is 0.450. The Balaban J connectivity index is 2.40. The van der Waals surface area contributed by atoms with Gasteiger partial charge in [-0.2, -0.15) is 5.10 Å². The number of benzene rings is 1. The molecule has 0 saturated carbocycles. The van der Waals surface area contributed by atoms with Crippen LogP contribution < -0.4 is 10.1 Å². The topological polar surface area (TPSA) is 93.4 Å². The van der Waals surface area contributed by atoms with Crippen molar-refractivity contribution >= 4 is 11.9 Å². The van der Waals surface area contributed by atoms with E-state index in [0.29, 0.717) is 16.9 Å². The average Bonchev–Trinajstić information content (AvgIpc) is 2.96. The number of carboxylic acids is 1. The number of methoxy groups -OCH3 is 1. The minimum absolute atomic E-state index is 0.264. The number of amides is 1. The van der Waals surface area contributed by atoms with Crippen LogP contribution in [-0.2, 0) is 15.9 Å². The highest BCUT2D eigenvalue weighted by Gasteiger charge is 2.33. The number of rotatable bonds is 6. The first kappa shape index (κ1) is 20.5. The summed E-state index contributed by atoms with van der Waals surface area (Å²) in [6, 6.07) is 7.04. The first-order valence-electron chi connectivity index (χ1n) is 8.72. The summed E-state index contributed by atoms with van der Waals surface area (Å²) in [6.45, 7) is 9.52. The molecular weight excluding hydrogens is 346 g/mol. The third-order valence-corrected chi connectivity index (χ3v) is 4.49. The molecule has 0 aliphatic carbocycles. The van der Waals surface area contributed by atoms with E-state index >= 15 is 0 Å². The fourth-order valence-electron chi connectivity index (χ4n) is 3.11. The lowest BCUT2D eigenvalue weighted by Crippen LogP contribution is -2.45. The molecule has 0 radical (unpaired) electrons. The van der Waals surface area contributed by atoms with Gasteiger partial charge >= 0.3 is 5.97 Å². The molecule has 1 heterocycles. The van der Waals surface area contributed by atoms with Crippen LogP contribution in [0.15, 0.2) is 30.5 Å². The number of aliphatic carboxylic acids is 1. The molecule has 2 rings (SSSR count). The zero-order valence-corrected chi connectivity index (χ0v) is 16.7. The van der Waals surface area contributed by atoms with Gasteiger partial charge in [-0.3, -0.25) is 14.3 Å². The lowest BCUT2D eigenvalue weighted by molar-refractivity contribution is -0.138. The Kier molecular flexibility index (Phi) is 5.63. The molecule has 0 aliphatic rings. The quantitative estimate of drug-likeness (QED) is 0.812. The van der Waals surface area contributed by atoms with E-state index in [-0.39, 0.29) is 17.9 Å². The van der Waals surface area contributed by atoms with Gasteiger partial charge in [0.15, 0.2) is 0 Å². The van der Waals surface area contributed by atoms with Crippen LogP contribution in [0.3, 0.4) is 0 Å². The van der Waals surface area contributed by atoms with Gasteiger partial charge in [-0.1, -0.05) is 12.1 Å². The van der Waals surface area contributed by atoms with Crippen molar-refractivity contribution in [1.82, 2.24) is 15.1 Å². The molecule has 1 aromatic heterocycles. The van der Waals surface area contributed by atoms with Gasteiger partial charge in [0.2, 0.25) is 0 Å². The van der Waals surface area contributed by atoms with E-state index in [1.54, 1.807) is 35.9 Å². The molecule has 1 amide bonds. The van der Waals surface area contributed by atoms with Crippen LogP contribution in [0.25, 0.3) is 0 Å². The van der Waals surface area contributed by atoms with Crippen LogP contribution in [0.2, 0.25) is 0 Å². The highest BCUT2D eigenvalue weighted by atomic mass is 16.5. The third-order valence-electron chi connectivity index (χ3n) is 4.49. The monoisotopic (exact) mass is 373 g/mol. The number of nitrogens with one attached hydrogen (secondary N) is 1. The number of ether oxygens (including phenoxy) is 1. The standard InChI is InChI=1S/C20H27N3O4/c1-13-16(12-21-23(13)19(2,3)4)18(26)22-20(5,11-17(24)25)14-8-7-9-15(10-14)27-6/h7-10,12H,11H2,1-6H3,(H,22,26)(H,24,25). The molecule has 0 bridgehead atoms. The van der Waals surface area contributed by atoms with Crippen LogP contribution >= 0.6 is 0 Å². The van der Waals surface area contributed by atoms with Crippen molar-refractivity contribution in [3.63, 3.8) is 0 Å². The zero-order chi connectivity index (χ0) is 20.4. The van der Waals surface area contributed by atoms with Crippen LogP contribution in [0.4, 0.5) is 0 Å². The number of hydrogen-bond donors (Lipinski definition) is 2. The Bertz CT molecular complexity index is 851. The maximum Gasteiger partial charge on any atom is 0.306 e. The third kappa shape index (κ3) is 4.48. The van der Waals surface area contributed by atoms with Crippen molar-refractivity contribution in [3.05, 3.63) is 47.3 Å². The molecular formula is C20H27N3O4. The Morgan fingerprint density at radius 3 is 2.44 bits per heavy atom. The summed E-state index contributed by atoms with van der Waals surface area (Å²) in [5.41, 5.74) is 0.430. The molecule has 0 fully saturated rings. The molecule has 27 heavy (non-hydrogen) atoms. The Labute approximate surface area is 159 Å². The summed E-state index contributed by atoms with van der Waals surface area (Å²) in [5, 5.41) is 16.6. The second-order valence-corrected chi connectivity index (χ2v) is 7.81. The van der Waals surface area contributed by atoms with Crippen LogP contribution in [0.1, 0.15) is 55.7 Å². The highest BCUT2D eigenvalue weighted by Crippen LogP contribution is 2.29. The van der Waals surface area contributed by atoms with Gasteiger partial charge in [0.05, 0.1) is 36.4 Å². The summed E-state index contributed by atoms with van der Waals surface area (Å²) in [5.74, 6) is -0.785. The predicted octanol–water partition coefficient (Wildman–Crippen LogP) is 3.08. The van der Waals surface area contributed by atoms with Crippen molar-refractivity contribution in [3.8, 4) is 5.75 Å². The molecule has 1 aromatic carbocycles. The number of carboxylic acid groups (broad SMARTS) is 1. The molecule has 0 spiro atoms. The lowest BCUT2D eigenvalue weighted by atomic mass is 9.88. The van der Waals surface area contributed by atoms with E-state index < -0.39 is 11.5 Å². The maximum atomic E-state index is 12.9. The van der Waals surface area contributed by atoms with E-state index in [9.17, 15) is 14.7 Å². The summed E-state index contributed by atoms with van der Waals surface area (Å²) < 4.78 is 7.01. The van der Waals surface area contributed by atoms with E-state index in [4.69, 9.17) is 4.74 Å². The molecule has 0 saturated heterocycles. The van der Waals surface area contributed by atoms with Gasteiger partial charge in [-0.05, 0) is 52.3 Å². The van der Waals surface area contributed by atoms with E-state index in [0.717, 1.165) is 5.69 Å². The van der Waals surface area contributed by atoms with Crippen molar-refractivity contribution in [2.45, 2.75) is 52.1 Å². The molecule has 146 valence electrons. The van der Waals surface area contributed by atoms with Crippen molar-refractivity contribution < 1.29 is 19.4 Å². The van der Waals surface area contributed by atoms with E-state index in [2.05, 4.69) is 10.4 Å². The minimum atomic E-state index is -1.10. The summed E-state index contributed by atoms with van der Waals surface area (Å²) in [7, 11) is 1.54. The van der Waals surface area contributed by atoms with Gasteiger partial charge in [-0.15, -0.1) is 0 Å². The SMILES string of the molecule is COc1cccc(C(C)(CC(=O)O)NC(=O)c2cnn(C(C)(C)C)c2C)c1. The summed E-state index contributed by atoms with van der Waals surface area (Å²) in [6.07, 6.45) is 1.25. The molecule has 7 heteroatoms. The molecule has 7 nitrogen and oxygen atoms in total. The Morgan fingerprint density at radius 2 is 1.93 bits per heavy atom. The highest BCUT2D eigenvalue weighted by molar-refractivity contribution is 5.96. The van der Waals surface area contributed by atoms with Crippen LogP contribution in [-0.4, -0.2) is 33.9 Å². The molecule has 2 N–H and O–H groups in total. The summed E-state index contributed by atoms with van der Waals surface area (Å²) in [4.78, 5) is 24.4. The largest absolute Gasteiger partial charge is 0.497 e. The van der Waals surface area contributed by atoms with E-state index in [1.165, 1.54) is 13.3 Å². The second kappa shape index (κ2) is 7.42. The first-order chi connectivity index (χ1) is 12.5. The number of nitrogens with zero attached hydrogens (tertiary/aromatic N) is 2. The normalized spacial score (nSPS) is 13.7. The van der Waals surface area contributed by atoms with Crippen LogP contribution in [0.5, 0.6) is 5.75 Å². The molecule has 1 unspecified atom stereocenters. The number of carbonyl (C=O) groups excluding carboxylic acids is 1. The zero-order valence-electron chi connectivity index (χ0n) is 16.7. The van der Waals surface area contributed by atoms with Gasteiger partial charge in [0, 0.05) is 5.69 Å². The van der Waals surface area contributed by atoms with Crippen LogP contribution in [0, 0.1) is 6.92 Å². The smallest absolute Gasteiger partial charge is 0.306 e. The number of carbonyl (C=O) groups is 2. The van der Waals surface area contributed by atoms with Gasteiger partial charge < -0.3 is 15.2 Å². The molecule has 1 atom stereocenters. The van der Waals surface area contributed by atoms with E-state index in [1.807, 2.05) is 27.7 Å². The fourth-order valence-corrected chi connectivity index (χ4v) is 3.11. The number of aromatic nitrogens is 2. The predicted molar refractivity (Wildman–Crippen MR) is 102 cm³/mol. The lowest BCUT2D eigenvalue weighted by Gasteiger charge is -2.30. The minimum Gasteiger partial charge on any atom is -0.497 e. The summed E-state index contributed by atoms with van der Waals surface area (Å²) >= 11 is 0. The molecule has 2 aromatic rings. The average molecular weight is 373 g/mol. The van der Waals surface area contributed by atoms with Gasteiger partial charge in [0.1, 0.15) is 5.75 Å². The Morgan fingerprint density at radius 1 is 1.26 bits per heavy atom. The van der Waals surface area contributed by atoms with Crippen molar-refractivity contribution in [2.75, 3.05) is 7.11 Å². The Hall–Kier alpha value is -2.83. The van der Waals surface area contributed by atoms with Crippen molar-refractivity contribution in [1.29, 1.82) is 0 Å². The maximum absolute atomic E-state index is 12.9. The number of hydrogen-bond acceptors (Lipinski definition) is 4. The second-order valence-electron chi connectivity index (χ2n) is 7.81. The van der Waals surface area contributed by atoms with Crippen molar-refractivity contribution in [2.24, 2.45) is 0 Å². The van der Waals surface area contributed by atoms with Gasteiger partial charge in [-0.25, -0.2) is 0 Å². The first-order valence-corrected chi connectivity index (χ1v) is 8.72. The van der Waals surface area contributed by atoms with Gasteiger partial charge in [0.25, 0.3) is 5.91 Å².